The predicted octanol–water partition coefficient (Wildman–Crippen LogP) is 4.30. The van der Waals surface area contributed by atoms with Gasteiger partial charge < -0.3 is 0 Å². The summed E-state index contributed by atoms with van der Waals surface area (Å²) in [6.07, 6.45) is 7.42. The van der Waals surface area contributed by atoms with E-state index >= 15 is 0 Å². The molecule has 0 atom stereocenters. The van der Waals surface area contributed by atoms with Crippen LogP contribution in [0.2, 0.25) is 0 Å². The molecule has 0 bridgehead atoms. The second-order valence-electron chi connectivity index (χ2n) is 4.94. The average molecular weight is 200 g/mol. The van der Waals surface area contributed by atoms with Gasteiger partial charge in [0.2, 0.25) is 0 Å². The van der Waals surface area contributed by atoms with Gasteiger partial charge in [-0.05, 0) is 32.3 Å². The minimum absolute atomic E-state index is 0.275. The highest BCUT2D eigenvalue weighted by atomic mass is 14.4. The van der Waals surface area contributed by atoms with E-state index in [1.165, 1.54) is 42.4 Å². The van der Waals surface area contributed by atoms with Gasteiger partial charge in [0, 0.05) is 5.41 Å². The molecule has 0 radical (unpaired) electrons. The minimum Gasteiger partial charge on any atom is -0.102 e. The minimum atomic E-state index is 0.275. The zero-order chi connectivity index (χ0) is 10.9. The Balaban J connectivity index is 2.46. The van der Waals surface area contributed by atoms with E-state index in [2.05, 4.69) is 44.7 Å². The first kappa shape index (κ1) is 10.5. The lowest BCUT2D eigenvalue weighted by Crippen LogP contribution is -2.18. The Morgan fingerprint density at radius 2 is 1.60 bits per heavy atom. The normalized spacial score (nSPS) is 19.1. The van der Waals surface area contributed by atoms with Gasteiger partial charge in [-0.3, -0.25) is 0 Å². The van der Waals surface area contributed by atoms with Crippen molar-refractivity contribution in [1.29, 1.82) is 0 Å². The Labute approximate surface area is 93.0 Å². The van der Waals surface area contributed by atoms with Crippen LogP contribution >= 0.6 is 0 Å². The highest BCUT2D eigenvalue weighted by Gasteiger charge is 2.32. The third-order valence-corrected chi connectivity index (χ3v) is 3.68. The number of allylic oxidation sites excluding steroid dienone is 1. The maximum absolute atomic E-state index is 4.05. The topological polar surface area (TPSA) is 0 Å². The van der Waals surface area contributed by atoms with Gasteiger partial charge in [0.05, 0.1) is 0 Å². The quantitative estimate of drug-likeness (QED) is 0.624. The Kier molecular flexibility index (Phi) is 2.68. The first-order chi connectivity index (χ1) is 7.16. The monoisotopic (exact) mass is 200 g/mol. The molecule has 0 spiro atoms. The van der Waals surface area contributed by atoms with Crippen LogP contribution in [0.3, 0.4) is 0 Å². The summed E-state index contributed by atoms with van der Waals surface area (Å²) in [6.45, 7) is 8.42. The van der Waals surface area contributed by atoms with Crippen molar-refractivity contribution < 1.29 is 0 Å². The van der Waals surface area contributed by atoms with Gasteiger partial charge in [0.15, 0.2) is 0 Å². The van der Waals surface area contributed by atoms with Crippen molar-refractivity contribution in [2.75, 3.05) is 0 Å². The van der Waals surface area contributed by atoms with E-state index in [1.54, 1.807) is 0 Å². The number of benzene rings is 1. The summed E-state index contributed by atoms with van der Waals surface area (Å²) in [6, 6.07) is 6.91. The molecular formula is C15H20. The van der Waals surface area contributed by atoms with E-state index in [0.29, 0.717) is 0 Å². The fourth-order valence-corrected chi connectivity index (χ4v) is 2.88. The zero-order valence-corrected chi connectivity index (χ0v) is 9.84. The van der Waals surface area contributed by atoms with Crippen LogP contribution in [-0.2, 0) is 5.41 Å². The van der Waals surface area contributed by atoms with Crippen molar-refractivity contribution in [3.8, 4) is 0 Å². The van der Waals surface area contributed by atoms with Gasteiger partial charge in [-0.15, -0.1) is 6.58 Å². The summed E-state index contributed by atoms with van der Waals surface area (Å²) in [5, 5.41) is 0. The van der Waals surface area contributed by atoms with Crippen LogP contribution in [0.4, 0.5) is 0 Å². The molecule has 1 aromatic carbocycles. The van der Waals surface area contributed by atoms with E-state index in [0.717, 1.165) is 0 Å². The maximum atomic E-state index is 4.05. The van der Waals surface area contributed by atoms with Gasteiger partial charge in [0.25, 0.3) is 0 Å². The molecule has 0 unspecified atom stereocenters. The molecule has 0 N–H and O–H groups in total. The third kappa shape index (κ3) is 1.86. The first-order valence-electron chi connectivity index (χ1n) is 5.89. The number of rotatable bonds is 2. The average Bonchev–Trinajstić information content (AvgIpc) is 2.65. The molecule has 1 aliphatic rings. The van der Waals surface area contributed by atoms with E-state index in [1.807, 2.05) is 0 Å². The Hall–Kier alpha value is -1.04. The van der Waals surface area contributed by atoms with E-state index in [-0.39, 0.29) is 5.41 Å². The summed E-state index contributed by atoms with van der Waals surface area (Å²) in [5.41, 5.74) is 4.50. The smallest absolute Gasteiger partial charge is 0.0129 e. The van der Waals surface area contributed by atoms with Crippen molar-refractivity contribution in [3.63, 3.8) is 0 Å². The van der Waals surface area contributed by atoms with E-state index in [9.17, 15) is 0 Å². The van der Waals surface area contributed by atoms with Gasteiger partial charge in [-0.1, -0.05) is 48.2 Å². The van der Waals surface area contributed by atoms with Gasteiger partial charge in [0.1, 0.15) is 0 Å². The van der Waals surface area contributed by atoms with Crippen molar-refractivity contribution >= 4 is 0 Å². The lowest BCUT2D eigenvalue weighted by atomic mass is 9.78. The highest BCUT2D eigenvalue weighted by Crippen LogP contribution is 2.42. The second kappa shape index (κ2) is 3.84. The molecule has 2 rings (SSSR count). The molecule has 0 nitrogen and oxygen atoms in total. The molecule has 0 heteroatoms. The van der Waals surface area contributed by atoms with Crippen molar-refractivity contribution in [3.05, 3.63) is 47.5 Å². The van der Waals surface area contributed by atoms with Crippen LogP contribution in [0.15, 0.2) is 30.9 Å². The number of hydrogen-bond acceptors (Lipinski definition) is 0. The Morgan fingerprint density at radius 3 is 2.07 bits per heavy atom. The summed E-state index contributed by atoms with van der Waals surface area (Å²) in [7, 11) is 0. The third-order valence-electron chi connectivity index (χ3n) is 3.68. The van der Waals surface area contributed by atoms with Crippen molar-refractivity contribution in [2.45, 2.75) is 44.9 Å². The standard InChI is InChI=1S/C15H20/c1-4-15(7-5-6-8-15)14-10-12(2)9-13(3)11-14/h4,9-11H,1,5-8H2,2-3H3. The molecular weight excluding hydrogens is 180 g/mol. The highest BCUT2D eigenvalue weighted by molar-refractivity contribution is 5.37. The van der Waals surface area contributed by atoms with Crippen LogP contribution in [0, 0.1) is 13.8 Å². The van der Waals surface area contributed by atoms with Gasteiger partial charge in [-0.2, -0.15) is 0 Å². The van der Waals surface area contributed by atoms with Crippen LogP contribution in [0.25, 0.3) is 0 Å². The maximum Gasteiger partial charge on any atom is 0.0129 e. The SMILES string of the molecule is C=CC1(c2cc(C)cc(C)c2)CCCC1. The molecule has 15 heavy (non-hydrogen) atoms. The number of hydrogen-bond donors (Lipinski definition) is 0. The largest absolute Gasteiger partial charge is 0.102 e. The Bertz CT molecular complexity index is 347. The molecule has 80 valence electrons. The molecule has 0 aliphatic heterocycles. The summed E-state index contributed by atoms with van der Waals surface area (Å²) < 4.78 is 0. The zero-order valence-electron chi connectivity index (χ0n) is 9.84. The Morgan fingerprint density at radius 1 is 1.07 bits per heavy atom. The van der Waals surface area contributed by atoms with E-state index in [4.69, 9.17) is 0 Å². The number of aryl methyl sites for hydroxylation is 2. The molecule has 1 aliphatic carbocycles. The first-order valence-corrected chi connectivity index (χ1v) is 5.89. The molecule has 1 fully saturated rings. The van der Waals surface area contributed by atoms with Gasteiger partial charge in [-0.25, -0.2) is 0 Å². The van der Waals surface area contributed by atoms with Crippen LogP contribution in [-0.4, -0.2) is 0 Å². The molecule has 0 amide bonds. The summed E-state index contributed by atoms with van der Waals surface area (Å²) in [4.78, 5) is 0. The fraction of sp³-hybridized carbons (Fsp3) is 0.467. The van der Waals surface area contributed by atoms with Crippen LogP contribution in [0.5, 0.6) is 0 Å². The molecule has 1 aromatic rings. The van der Waals surface area contributed by atoms with Crippen LogP contribution < -0.4 is 0 Å². The molecule has 0 heterocycles. The predicted molar refractivity (Wildman–Crippen MR) is 66.3 cm³/mol. The van der Waals surface area contributed by atoms with Gasteiger partial charge >= 0.3 is 0 Å². The summed E-state index contributed by atoms with van der Waals surface area (Å²) >= 11 is 0. The lowest BCUT2D eigenvalue weighted by Gasteiger charge is -2.26. The van der Waals surface area contributed by atoms with Crippen molar-refractivity contribution in [2.24, 2.45) is 0 Å². The summed E-state index contributed by atoms with van der Waals surface area (Å²) in [5.74, 6) is 0. The van der Waals surface area contributed by atoms with Crippen LogP contribution in [0.1, 0.15) is 42.4 Å². The van der Waals surface area contributed by atoms with Crippen molar-refractivity contribution in [1.82, 2.24) is 0 Å². The molecule has 1 saturated carbocycles. The van der Waals surface area contributed by atoms with E-state index < -0.39 is 0 Å². The molecule has 0 saturated heterocycles. The lowest BCUT2D eigenvalue weighted by molar-refractivity contribution is 0.558. The fourth-order valence-electron chi connectivity index (χ4n) is 2.88. The molecule has 0 aromatic heterocycles. The second-order valence-corrected chi connectivity index (χ2v) is 4.94.